The number of anilines is 1. The van der Waals surface area contributed by atoms with Gasteiger partial charge in [-0.15, -0.1) is 18.3 Å². The van der Waals surface area contributed by atoms with Gasteiger partial charge in [-0.3, -0.25) is 9.53 Å². The van der Waals surface area contributed by atoms with E-state index in [9.17, 15) is 18.0 Å². The molecule has 2 aromatic heterocycles. The number of ether oxygens (including phenoxy) is 2. The van der Waals surface area contributed by atoms with Crippen LogP contribution in [0.5, 0.6) is 5.75 Å². The van der Waals surface area contributed by atoms with Gasteiger partial charge in [0.2, 0.25) is 5.95 Å². The normalized spacial score (nSPS) is 18.7. The average molecular weight is 704 g/mol. The second kappa shape index (κ2) is 14.7. The first-order valence-corrected chi connectivity index (χ1v) is 17.1. The Balaban J connectivity index is 1.06. The molecule has 4 heterocycles. The standard InChI is InChI=1S/C36H40F3N9O3/c1-50-32-13-12-28(48-26-40-42-43-48)24-29(32)33(49)46-19-15-35(25-46,27-8-3-2-4-9-27)14-18-44-16-7-17-45(21-20-44)34-41-30-10-5-6-11-31(30)47(34)22-23-51-36(37,38)39/h2-6,8-13,24,26H,7,14-23,25H2,1H3. The summed E-state index contributed by atoms with van der Waals surface area (Å²) in [5.41, 5.74) is 3.61. The summed E-state index contributed by atoms with van der Waals surface area (Å²) in [5, 5.41) is 11.4. The van der Waals surface area contributed by atoms with Crippen molar-refractivity contribution < 1.29 is 27.4 Å². The Morgan fingerprint density at radius 2 is 1.76 bits per heavy atom. The third-order valence-electron chi connectivity index (χ3n) is 10.0. The maximum atomic E-state index is 14.1. The number of carbonyl (C=O) groups excluding carboxylic acids is 1. The predicted molar refractivity (Wildman–Crippen MR) is 184 cm³/mol. The van der Waals surface area contributed by atoms with Crippen molar-refractivity contribution in [3.05, 3.63) is 90.3 Å². The number of nitrogens with zero attached hydrogens (tertiary/aromatic N) is 9. The van der Waals surface area contributed by atoms with Crippen molar-refractivity contribution in [3.8, 4) is 11.4 Å². The lowest BCUT2D eigenvalue weighted by Crippen LogP contribution is -2.39. The second-order valence-electron chi connectivity index (χ2n) is 13.0. The van der Waals surface area contributed by atoms with Gasteiger partial charge in [-0.1, -0.05) is 42.5 Å². The number of hydrogen-bond donors (Lipinski definition) is 0. The highest BCUT2D eigenvalue weighted by Gasteiger charge is 2.42. The van der Waals surface area contributed by atoms with Crippen molar-refractivity contribution in [3.63, 3.8) is 0 Å². The molecule has 0 radical (unpaired) electrons. The molecule has 2 aliphatic heterocycles. The van der Waals surface area contributed by atoms with Gasteiger partial charge in [-0.25, -0.2) is 9.67 Å². The number of likely N-dealkylation sites (tertiary alicyclic amines) is 1. The van der Waals surface area contributed by atoms with Crippen LogP contribution in [-0.4, -0.2) is 111 Å². The van der Waals surface area contributed by atoms with Gasteiger partial charge in [0.1, 0.15) is 12.1 Å². The molecule has 51 heavy (non-hydrogen) atoms. The summed E-state index contributed by atoms with van der Waals surface area (Å²) in [6.07, 6.45) is -0.645. The quantitative estimate of drug-likeness (QED) is 0.189. The van der Waals surface area contributed by atoms with Crippen LogP contribution in [0.25, 0.3) is 16.7 Å². The van der Waals surface area contributed by atoms with E-state index in [4.69, 9.17) is 9.72 Å². The molecule has 2 fully saturated rings. The lowest BCUT2D eigenvalue weighted by molar-refractivity contribution is -0.325. The van der Waals surface area contributed by atoms with E-state index in [0.717, 1.165) is 56.5 Å². The molecule has 15 heteroatoms. The Kier molecular flexibility index (Phi) is 9.91. The van der Waals surface area contributed by atoms with Gasteiger partial charge in [0.15, 0.2) is 0 Å². The number of hydrogen-bond acceptors (Lipinski definition) is 9. The van der Waals surface area contributed by atoms with Crippen LogP contribution in [0.4, 0.5) is 19.1 Å². The number of methoxy groups -OCH3 is 1. The van der Waals surface area contributed by atoms with Crippen molar-refractivity contribution in [2.24, 2.45) is 0 Å². The molecule has 2 aliphatic rings. The zero-order valence-corrected chi connectivity index (χ0v) is 28.4. The topological polar surface area (TPSA) is 107 Å². The number of amides is 1. The third-order valence-corrected chi connectivity index (χ3v) is 10.0. The van der Waals surface area contributed by atoms with Crippen LogP contribution in [0.2, 0.25) is 0 Å². The van der Waals surface area contributed by atoms with Crippen LogP contribution in [0, 0.1) is 0 Å². The van der Waals surface area contributed by atoms with E-state index in [1.165, 1.54) is 16.6 Å². The molecule has 1 atom stereocenters. The zero-order chi connectivity index (χ0) is 35.4. The number of halogens is 3. The van der Waals surface area contributed by atoms with Crippen molar-refractivity contribution in [1.29, 1.82) is 0 Å². The fraction of sp³-hybridized carbons (Fsp3) is 0.417. The maximum absolute atomic E-state index is 14.1. The smallest absolute Gasteiger partial charge is 0.496 e. The number of aromatic nitrogens is 6. The van der Waals surface area contributed by atoms with Crippen LogP contribution >= 0.6 is 0 Å². The Morgan fingerprint density at radius 1 is 0.941 bits per heavy atom. The first kappa shape index (κ1) is 34.4. The molecule has 3 aromatic carbocycles. The average Bonchev–Trinajstić information content (AvgIpc) is 3.88. The highest BCUT2D eigenvalue weighted by atomic mass is 19.4. The number of para-hydroxylation sites is 2. The lowest BCUT2D eigenvalue weighted by Gasteiger charge is -2.33. The molecule has 1 amide bonds. The number of imidazole rings is 1. The van der Waals surface area contributed by atoms with E-state index in [1.54, 1.807) is 19.2 Å². The Labute approximate surface area is 293 Å². The van der Waals surface area contributed by atoms with E-state index in [-0.39, 0.29) is 17.9 Å². The number of benzene rings is 3. The van der Waals surface area contributed by atoms with E-state index in [1.807, 2.05) is 45.9 Å². The largest absolute Gasteiger partial charge is 0.522 e. The van der Waals surface area contributed by atoms with Crippen molar-refractivity contribution in [2.75, 3.05) is 64.4 Å². The maximum Gasteiger partial charge on any atom is 0.522 e. The van der Waals surface area contributed by atoms with Gasteiger partial charge >= 0.3 is 6.36 Å². The molecule has 268 valence electrons. The Morgan fingerprint density at radius 3 is 2.55 bits per heavy atom. The van der Waals surface area contributed by atoms with Gasteiger partial charge in [0.25, 0.3) is 5.91 Å². The molecule has 0 aliphatic carbocycles. The van der Waals surface area contributed by atoms with E-state index >= 15 is 0 Å². The zero-order valence-electron chi connectivity index (χ0n) is 28.4. The van der Waals surface area contributed by atoms with Gasteiger partial charge in [-0.05, 0) is 78.7 Å². The molecule has 0 spiro atoms. The molecule has 0 saturated carbocycles. The summed E-state index contributed by atoms with van der Waals surface area (Å²) >= 11 is 0. The van der Waals surface area contributed by atoms with Gasteiger partial charge in [0, 0.05) is 44.7 Å². The first-order valence-electron chi connectivity index (χ1n) is 17.1. The Bertz CT molecular complexity index is 1940. The summed E-state index contributed by atoms with van der Waals surface area (Å²) in [5.74, 6) is 1.05. The first-order chi connectivity index (χ1) is 24.7. The highest BCUT2D eigenvalue weighted by molar-refractivity contribution is 5.98. The van der Waals surface area contributed by atoms with E-state index < -0.39 is 13.0 Å². The number of rotatable bonds is 11. The van der Waals surface area contributed by atoms with Crippen LogP contribution in [0.3, 0.4) is 0 Å². The molecular weight excluding hydrogens is 663 g/mol. The Hall–Kier alpha value is -5.02. The number of alkyl halides is 3. The van der Waals surface area contributed by atoms with Crippen molar-refractivity contribution in [2.45, 2.75) is 37.6 Å². The summed E-state index contributed by atoms with van der Waals surface area (Å²) in [6, 6.07) is 23.3. The summed E-state index contributed by atoms with van der Waals surface area (Å²) in [7, 11) is 1.56. The predicted octanol–water partition coefficient (Wildman–Crippen LogP) is 4.94. The third kappa shape index (κ3) is 7.54. The van der Waals surface area contributed by atoms with E-state index in [0.29, 0.717) is 42.6 Å². The van der Waals surface area contributed by atoms with Crippen LogP contribution < -0.4 is 9.64 Å². The highest BCUT2D eigenvalue weighted by Crippen LogP contribution is 2.39. The minimum atomic E-state index is -4.69. The molecule has 1 unspecified atom stereocenters. The number of fused-ring (bicyclic) bond motifs is 1. The SMILES string of the molecule is COc1ccc(-n2cnnn2)cc1C(=O)N1CCC(CCN2CCCN(c3nc4ccccc4n3CCOC(F)(F)F)CC2)(c2ccccc2)C1. The fourth-order valence-corrected chi connectivity index (χ4v) is 7.42. The van der Waals surface area contributed by atoms with E-state index in [2.05, 4.69) is 54.3 Å². The minimum absolute atomic E-state index is 0.0399. The fourth-order valence-electron chi connectivity index (χ4n) is 7.42. The molecule has 5 aromatic rings. The van der Waals surface area contributed by atoms with Gasteiger partial charge < -0.3 is 24.0 Å². The van der Waals surface area contributed by atoms with Gasteiger partial charge in [0.05, 0.1) is 36.0 Å². The number of tetrazole rings is 1. The van der Waals surface area contributed by atoms with Crippen LogP contribution in [-0.2, 0) is 16.7 Å². The van der Waals surface area contributed by atoms with Crippen molar-refractivity contribution in [1.82, 2.24) is 39.6 Å². The molecule has 0 N–H and O–H groups in total. The molecule has 0 bridgehead atoms. The monoisotopic (exact) mass is 703 g/mol. The lowest BCUT2D eigenvalue weighted by atomic mass is 9.76. The summed E-state index contributed by atoms with van der Waals surface area (Å²) < 4.78 is 51.5. The van der Waals surface area contributed by atoms with Gasteiger partial charge in [-0.2, -0.15) is 0 Å². The molecule has 7 rings (SSSR count). The van der Waals surface area contributed by atoms with Crippen LogP contribution in [0.15, 0.2) is 79.1 Å². The minimum Gasteiger partial charge on any atom is -0.496 e. The molecular formula is C36H40F3N9O3. The van der Waals surface area contributed by atoms with Crippen molar-refractivity contribution >= 4 is 22.9 Å². The molecule has 2 saturated heterocycles. The molecule has 12 nitrogen and oxygen atoms in total. The summed E-state index contributed by atoms with van der Waals surface area (Å²) in [4.78, 5) is 25.5. The summed E-state index contributed by atoms with van der Waals surface area (Å²) in [6.45, 7) is 4.62. The second-order valence-corrected chi connectivity index (χ2v) is 13.0. The van der Waals surface area contributed by atoms with Crippen LogP contribution in [0.1, 0.15) is 35.2 Å². The number of carbonyl (C=O) groups is 1.